The summed E-state index contributed by atoms with van der Waals surface area (Å²) in [5.41, 5.74) is 1.36. The Morgan fingerprint density at radius 3 is 1.92 bits per heavy atom. The van der Waals surface area contributed by atoms with Gasteiger partial charge in [0.25, 0.3) is 0 Å². The van der Waals surface area contributed by atoms with Crippen molar-refractivity contribution >= 4 is 27.5 Å². The smallest absolute Gasteiger partial charge is 0.244 e. The Labute approximate surface area is 221 Å². The van der Waals surface area contributed by atoms with Gasteiger partial charge in [0, 0.05) is 12.1 Å². The van der Waals surface area contributed by atoms with E-state index in [1.165, 1.54) is 17.0 Å². The van der Waals surface area contributed by atoms with Gasteiger partial charge in [-0.1, -0.05) is 52.0 Å². The molecule has 9 heteroatoms. The van der Waals surface area contributed by atoms with Crippen molar-refractivity contribution in [2.45, 2.75) is 78.4 Å². The number of halogens is 1. The molecule has 0 bridgehead atoms. The number of hydrogen-bond acceptors (Lipinski definition) is 4. The number of nitrogens with zero attached hydrogens (tertiary/aromatic N) is 2. The maximum Gasteiger partial charge on any atom is 0.244 e. The highest BCUT2D eigenvalue weighted by molar-refractivity contribution is 7.92. The third-order valence-corrected chi connectivity index (χ3v) is 6.99. The van der Waals surface area contributed by atoms with Gasteiger partial charge in [0.05, 0.1) is 11.9 Å². The van der Waals surface area contributed by atoms with E-state index in [9.17, 15) is 22.4 Å². The van der Waals surface area contributed by atoms with Crippen LogP contribution in [0.5, 0.6) is 0 Å². The van der Waals surface area contributed by atoms with Gasteiger partial charge in [-0.15, -0.1) is 0 Å². The van der Waals surface area contributed by atoms with Crippen LogP contribution in [0.3, 0.4) is 0 Å². The Balaban J connectivity index is 2.46. The molecular weight excluding hydrogens is 493 g/mol. The van der Waals surface area contributed by atoms with Crippen LogP contribution < -0.4 is 9.62 Å². The summed E-state index contributed by atoms with van der Waals surface area (Å²) in [5, 5.41) is 2.91. The van der Waals surface area contributed by atoms with Gasteiger partial charge in [-0.05, 0) is 68.0 Å². The van der Waals surface area contributed by atoms with E-state index in [1.807, 2.05) is 32.9 Å². The third-order valence-electron chi connectivity index (χ3n) is 5.85. The zero-order valence-electron chi connectivity index (χ0n) is 23.1. The van der Waals surface area contributed by atoms with Crippen molar-refractivity contribution in [3.8, 4) is 0 Å². The number of anilines is 1. The molecule has 0 aliphatic heterocycles. The van der Waals surface area contributed by atoms with Crippen LogP contribution in [0.1, 0.15) is 66.0 Å². The maximum atomic E-state index is 13.7. The molecule has 2 aromatic rings. The van der Waals surface area contributed by atoms with Gasteiger partial charge in [0.15, 0.2) is 0 Å². The molecule has 0 radical (unpaired) electrons. The summed E-state index contributed by atoms with van der Waals surface area (Å²) in [5.74, 6) is -1.29. The Kier molecular flexibility index (Phi) is 9.52. The minimum Gasteiger partial charge on any atom is -0.350 e. The molecule has 2 aromatic carbocycles. The van der Waals surface area contributed by atoms with Gasteiger partial charge >= 0.3 is 0 Å². The van der Waals surface area contributed by atoms with Crippen LogP contribution in [-0.2, 0) is 31.6 Å². The largest absolute Gasteiger partial charge is 0.350 e. The molecule has 0 saturated heterocycles. The van der Waals surface area contributed by atoms with E-state index in [2.05, 4.69) is 26.1 Å². The normalized spacial score (nSPS) is 13.1. The fourth-order valence-corrected chi connectivity index (χ4v) is 4.75. The van der Waals surface area contributed by atoms with Crippen molar-refractivity contribution in [1.82, 2.24) is 10.2 Å². The molecule has 7 nitrogen and oxygen atoms in total. The quantitative estimate of drug-likeness (QED) is 0.510. The van der Waals surface area contributed by atoms with Gasteiger partial charge in [-0.3, -0.25) is 13.9 Å². The van der Waals surface area contributed by atoms with E-state index in [4.69, 9.17) is 0 Å². The topological polar surface area (TPSA) is 86.8 Å². The SMILES string of the molecule is CC[C@@H](C(=O)NC(C)(C)C)N(Cc1ccc(F)cc1)C(=O)CN(c1ccc(C(C)(C)C)cc1)S(C)(=O)=O. The molecule has 204 valence electrons. The van der Waals surface area contributed by atoms with E-state index in [0.29, 0.717) is 17.7 Å². The second kappa shape index (κ2) is 11.6. The molecule has 2 rings (SSSR count). The standard InChI is InChI=1S/C28H40FN3O4S/c1-9-24(26(34)30-28(5,6)7)31(18-20-10-14-22(29)15-11-20)25(33)19-32(37(8,35)36)23-16-12-21(13-17-23)27(2,3)4/h10-17,24H,9,18-19H2,1-8H3,(H,30,34)/t24-/m0/s1. The van der Waals surface area contributed by atoms with E-state index < -0.39 is 39.9 Å². The van der Waals surface area contributed by atoms with Crippen LogP contribution in [0.2, 0.25) is 0 Å². The first-order chi connectivity index (χ1) is 16.9. The molecule has 37 heavy (non-hydrogen) atoms. The number of benzene rings is 2. The minimum atomic E-state index is -3.82. The molecule has 2 amide bonds. The van der Waals surface area contributed by atoms with Crippen molar-refractivity contribution in [3.63, 3.8) is 0 Å². The average molecular weight is 534 g/mol. The van der Waals surface area contributed by atoms with Gasteiger partial charge in [0.2, 0.25) is 21.8 Å². The summed E-state index contributed by atoms with van der Waals surface area (Å²) in [4.78, 5) is 28.2. The molecule has 0 spiro atoms. The first-order valence-electron chi connectivity index (χ1n) is 12.4. The van der Waals surface area contributed by atoms with Crippen LogP contribution in [0.25, 0.3) is 0 Å². The number of sulfonamides is 1. The molecular formula is C28H40FN3O4S. The van der Waals surface area contributed by atoms with E-state index >= 15 is 0 Å². The van der Waals surface area contributed by atoms with Crippen LogP contribution in [0, 0.1) is 5.82 Å². The highest BCUT2D eigenvalue weighted by Gasteiger charge is 2.33. The van der Waals surface area contributed by atoms with Gasteiger partial charge < -0.3 is 10.2 Å². The molecule has 0 aliphatic carbocycles. The number of carbonyl (C=O) groups excluding carboxylic acids is 2. The maximum absolute atomic E-state index is 13.7. The Morgan fingerprint density at radius 1 is 0.946 bits per heavy atom. The lowest BCUT2D eigenvalue weighted by Crippen LogP contribution is -2.55. The first kappa shape index (κ1) is 30.3. The average Bonchev–Trinajstić information content (AvgIpc) is 2.76. The molecule has 0 saturated carbocycles. The second-order valence-electron chi connectivity index (χ2n) is 11.4. The lowest BCUT2D eigenvalue weighted by molar-refractivity contribution is -0.141. The fourth-order valence-electron chi connectivity index (χ4n) is 3.90. The van der Waals surface area contributed by atoms with Crippen LogP contribution in [0.4, 0.5) is 10.1 Å². The van der Waals surface area contributed by atoms with E-state index in [-0.39, 0.29) is 17.9 Å². The third kappa shape index (κ3) is 8.84. The number of rotatable bonds is 9. The predicted molar refractivity (Wildman–Crippen MR) is 146 cm³/mol. The zero-order chi connectivity index (χ0) is 28.2. The number of carbonyl (C=O) groups is 2. The second-order valence-corrected chi connectivity index (χ2v) is 13.3. The predicted octanol–water partition coefficient (Wildman–Crippen LogP) is 4.61. The van der Waals surface area contributed by atoms with Crippen molar-refractivity contribution in [2.24, 2.45) is 0 Å². The van der Waals surface area contributed by atoms with Gasteiger partial charge in [-0.25, -0.2) is 12.8 Å². The summed E-state index contributed by atoms with van der Waals surface area (Å²) in [6.07, 6.45) is 1.36. The molecule has 0 aliphatic rings. The van der Waals surface area contributed by atoms with Crippen molar-refractivity contribution < 1.29 is 22.4 Å². The Bertz CT molecular complexity index is 1180. The zero-order valence-corrected chi connectivity index (χ0v) is 23.9. The summed E-state index contributed by atoms with van der Waals surface area (Å²) in [7, 11) is -3.82. The highest BCUT2D eigenvalue weighted by atomic mass is 32.2. The number of amides is 2. The Morgan fingerprint density at radius 2 is 1.49 bits per heavy atom. The highest BCUT2D eigenvalue weighted by Crippen LogP contribution is 2.26. The summed E-state index contributed by atoms with van der Waals surface area (Å²) in [6.45, 7) is 13.0. The molecule has 1 atom stereocenters. The molecule has 0 unspecified atom stereocenters. The number of nitrogens with one attached hydrogen (secondary N) is 1. The summed E-state index contributed by atoms with van der Waals surface area (Å²) >= 11 is 0. The molecule has 0 aromatic heterocycles. The van der Waals surface area contributed by atoms with Crippen molar-refractivity contribution in [3.05, 3.63) is 65.5 Å². The van der Waals surface area contributed by atoms with Crippen LogP contribution in [0.15, 0.2) is 48.5 Å². The fraction of sp³-hybridized carbons (Fsp3) is 0.500. The lowest BCUT2D eigenvalue weighted by atomic mass is 9.87. The van der Waals surface area contributed by atoms with Gasteiger partial charge in [0.1, 0.15) is 18.4 Å². The van der Waals surface area contributed by atoms with Crippen LogP contribution >= 0.6 is 0 Å². The molecule has 0 fully saturated rings. The van der Waals surface area contributed by atoms with Crippen molar-refractivity contribution in [1.29, 1.82) is 0 Å². The monoisotopic (exact) mass is 533 g/mol. The van der Waals surface area contributed by atoms with E-state index in [1.54, 1.807) is 31.2 Å². The number of hydrogen-bond donors (Lipinski definition) is 1. The minimum absolute atomic E-state index is 0.0236. The van der Waals surface area contributed by atoms with Gasteiger partial charge in [-0.2, -0.15) is 0 Å². The Hall–Kier alpha value is -2.94. The van der Waals surface area contributed by atoms with E-state index in [0.717, 1.165) is 16.1 Å². The first-order valence-corrected chi connectivity index (χ1v) is 14.2. The summed E-state index contributed by atoms with van der Waals surface area (Å²) < 4.78 is 40.1. The van der Waals surface area contributed by atoms with Crippen molar-refractivity contribution in [2.75, 3.05) is 17.1 Å². The molecule has 1 N–H and O–H groups in total. The summed E-state index contributed by atoms with van der Waals surface area (Å²) in [6, 6.07) is 11.9. The lowest BCUT2D eigenvalue weighted by Gasteiger charge is -2.34. The molecule has 0 heterocycles. The van der Waals surface area contributed by atoms with Crippen LogP contribution in [-0.4, -0.2) is 49.5 Å².